The molecule has 0 bridgehead atoms. The predicted molar refractivity (Wildman–Crippen MR) is 99.6 cm³/mol. The van der Waals surface area contributed by atoms with Crippen molar-refractivity contribution in [1.29, 1.82) is 10.5 Å². The maximum atomic E-state index is 12.8. The lowest BCUT2D eigenvalue weighted by Crippen LogP contribution is -2.22. The van der Waals surface area contributed by atoms with E-state index in [1.54, 1.807) is 24.3 Å². The van der Waals surface area contributed by atoms with Crippen LogP contribution in [0.25, 0.3) is 28.0 Å². The standard InChI is InChI=1S/C21H11N5O/c22-11-16-19(15-9-5-2-6-10-15)17(12-23)21(27)26-20(16)25-18(13-24-26)14-7-3-1-4-8-14/h1-10,13H. The van der Waals surface area contributed by atoms with Gasteiger partial charge in [-0.1, -0.05) is 60.7 Å². The minimum atomic E-state index is -0.600. The molecule has 0 N–H and O–H groups in total. The molecule has 2 aromatic heterocycles. The second-order valence-corrected chi connectivity index (χ2v) is 5.76. The number of hydrogen-bond acceptors (Lipinski definition) is 5. The first kappa shape index (κ1) is 16.2. The lowest BCUT2D eigenvalue weighted by molar-refractivity contribution is 0.859. The molecule has 0 aliphatic carbocycles. The van der Waals surface area contributed by atoms with Crippen LogP contribution in [0.4, 0.5) is 0 Å². The van der Waals surface area contributed by atoms with Crippen LogP contribution in [0.15, 0.2) is 71.7 Å². The molecule has 4 aromatic rings. The molecule has 4 rings (SSSR count). The second-order valence-electron chi connectivity index (χ2n) is 5.76. The van der Waals surface area contributed by atoms with E-state index in [1.165, 1.54) is 6.20 Å². The lowest BCUT2D eigenvalue weighted by atomic mass is 9.97. The summed E-state index contributed by atoms with van der Waals surface area (Å²) in [7, 11) is 0. The molecular weight excluding hydrogens is 338 g/mol. The lowest BCUT2D eigenvalue weighted by Gasteiger charge is -2.10. The molecule has 0 aliphatic rings. The summed E-state index contributed by atoms with van der Waals surface area (Å²) >= 11 is 0. The van der Waals surface area contributed by atoms with Crippen molar-refractivity contribution < 1.29 is 0 Å². The van der Waals surface area contributed by atoms with Gasteiger partial charge in [-0.3, -0.25) is 4.79 Å². The van der Waals surface area contributed by atoms with Crippen LogP contribution in [0.5, 0.6) is 0 Å². The first-order chi connectivity index (χ1) is 13.2. The third kappa shape index (κ3) is 2.62. The molecule has 2 aromatic carbocycles. The molecule has 27 heavy (non-hydrogen) atoms. The second kappa shape index (κ2) is 6.55. The number of rotatable bonds is 2. The Morgan fingerprint density at radius 3 is 2.00 bits per heavy atom. The Balaban J connectivity index is 2.13. The van der Waals surface area contributed by atoms with Crippen molar-refractivity contribution in [3.05, 3.63) is 88.3 Å². The maximum absolute atomic E-state index is 12.8. The first-order valence-electron chi connectivity index (χ1n) is 8.11. The molecule has 6 heteroatoms. The normalized spacial score (nSPS) is 10.3. The molecule has 0 fully saturated rings. The van der Waals surface area contributed by atoms with Gasteiger partial charge in [0, 0.05) is 11.1 Å². The van der Waals surface area contributed by atoms with Gasteiger partial charge in [-0.05, 0) is 5.56 Å². The van der Waals surface area contributed by atoms with Crippen LogP contribution in [0, 0.1) is 22.7 Å². The van der Waals surface area contributed by atoms with Gasteiger partial charge in [-0.15, -0.1) is 0 Å². The van der Waals surface area contributed by atoms with Crippen molar-refractivity contribution in [2.24, 2.45) is 0 Å². The fraction of sp³-hybridized carbons (Fsp3) is 0. The highest BCUT2D eigenvalue weighted by Gasteiger charge is 2.21. The van der Waals surface area contributed by atoms with E-state index in [9.17, 15) is 15.3 Å². The van der Waals surface area contributed by atoms with Crippen molar-refractivity contribution in [3.63, 3.8) is 0 Å². The number of nitriles is 2. The molecule has 0 saturated heterocycles. The van der Waals surface area contributed by atoms with Gasteiger partial charge in [-0.25, -0.2) is 4.98 Å². The van der Waals surface area contributed by atoms with Crippen LogP contribution in [0.1, 0.15) is 11.1 Å². The molecule has 0 aliphatic heterocycles. The summed E-state index contributed by atoms with van der Waals surface area (Å²) in [5, 5.41) is 23.5. The van der Waals surface area contributed by atoms with Crippen molar-refractivity contribution in [3.8, 4) is 34.5 Å². The quantitative estimate of drug-likeness (QED) is 0.554. The monoisotopic (exact) mass is 349 g/mol. The van der Waals surface area contributed by atoms with Crippen LogP contribution >= 0.6 is 0 Å². The fourth-order valence-corrected chi connectivity index (χ4v) is 2.97. The minimum Gasteiger partial charge on any atom is -0.266 e. The van der Waals surface area contributed by atoms with Crippen LogP contribution in [0.3, 0.4) is 0 Å². The molecule has 0 radical (unpaired) electrons. The Labute approximate surface area is 154 Å². The summed E-state index contributed by atoms with van der Waals surface area (Å²) in [5.41, 5.74) is 1.78. The van der Waals surface area contributed by atoms with E-state index in [0.717, 1.165) is 10.1 Å². The molecule has 0 amide bonds. The third-order valence-electron chi connectivity index (χ3n) is 4.21. The van der Waals surface area contributed by atoms with Crippen LogP contribution < -0.4 is 5.56 Å². The van der Waals surface area contributed by atoms with Gasteiger partial charge in [0.2, 0.25) is 0 Å². The Hall–Kier alpha value is -4.29. The predicted octanol–water partition coefficient (Wildman–Crippen LogP) is 3.17. The van der Waals surface area contributed by atoms with E-state index in [1.807, 2.05) is 42.5 Å². The third-order valence-corrected chi connectivity index (χ3v) is 4.21. The zero-order valence-corrected chi connectivity index (χ0v) is 14.0. The molecule has 0 unspecified atom stereocenters. The number of pyridine rings is 1. The topological polar surface area (TPSA) is 94.8 Å². The van der Waals surface area contributed by atoms with Gasteiger partial charge >= 0.3 is 0 Å². The van der Waals surface area contributed by atoms with Gasteiger partial charge < -0.3 is 0 Å². The summed E-state index contributed by atoms with van der Waals surface area (Å²) in [6.45, 7) is 0. The Bertz CT molecular complexity index is 1300. The number of fused-ring (bicyclic) bond motifs is 1. The van der Waals surface area contributed by atoms with E-state index < -0.39 is 5.56 Å². The highest BCUT2D eigenvalue weighted by Crippen LogP contribution is 2.28. The molecular formula is C21H11N5O. The smallest absolute Gasteiger partial charge is 0.266 e. The summed E-state index contributed by atoms with van der Waals surface area (Å²) in [6.07, 6.45) is 1.45. The zero-order chi connectivity index (χ0) is 18.8. The van der Waals surface area contributed by atoms with Crippen LogP contribution in [-0.4, -0.2) is 14.6 Å². The summed E-state index contributed by atoms with van der Waals surface area (Å²) in [4.78, 5) is 17.3. The molecule has 0 saturated carbocycles. The van der Waals surface area contributed by atoms with Gasteiger partial charge in [-0.2, -0.15) is 20.1 Å². The number of benzene rings is 2. The largest absolute Gasteiger partial charge is 0.291 e. The van der Waals surface area contributed by atoms with E-state index in [4.69, 9.17) is 0 Å². The van der Waals surface area contributed by atoms with Crippen LogP contribution in [0.2, 0.25) is 0 Å². The summed E-state index contributed by atoms with van der Waals surface area (Å²) in [5.74, 6) is 0. The Morgan fingerprint density at radius 1 is 0.815 bits per heavy atom. The molecule has 0 spiro atoms. The van der Waals surface area contributed by atoms with Gasteiger partial charge in [0.1, 0.15) is 23.3 Å². The Morgan fingerprint density at radius 2 is 1.41 bits per heavy atom. The molecule has 6 nitrogen and oxygen atoms in total. The zero-order valence-electron chi connectivity index (χ0n) is 14.0. The van der Waals surface area contributed by atoms with Crippen molar-refractivity contribution in [2.75, 3.05) is 0 Å². The number of nitrogens with zero attached hydrogens (tertiary/aromatic N) is 5. The maximum Gasteiger partial charge on any atom is 0.291 e. The summed E-state index contributed by atoms with van der Waals surface area (Å²) < 4.78 is 1.01. The summed E-state index contributed by atoms with van der Waals surface area (Å²) in [6, 6.07) is 22.3. The van der Waals surface area contributed by atoms with Crippen LogP contribution in [-0.2, 0) is 0 Å². The molecule has 126 valence electrons. The first-order valence-corrected chi connectivity index (χ1v) is 8.11. The molecule has 0 atom stereocenters. The van der Waals surface area contributed by atoms with Gasteiger partial charge in [0.25, 0.3) is 5.56 Å². The number of aromatic nitrogens is 3. The van der Waals surface area contributed by atoms with Crippen molar-refractivity contribution in [2.45, 2.75) is 0 Å². The highest BCUT2D eigenvalue weighted by molar-refractivity contribution is 5.82. The highest BCUT2D eigenvalue weighted by atomic mass is 16.1. The van der Waals surface area contributed by atoms with Crippen molar-refractivity contribution >= 4 is 5.65 Å². The van der Waals surface area contributed by atoms with E-state index >= 15 is 0 Å². The average Bonchev–Trinajstić information content (AvgIpc) is 2.74. The van der Waals surface area contributed by atoms with Crippen molar-refractivity contribution in [1.82, 2.24) is 14.6 Å². The SMILES string of the molecule is N#Cc1c(-c2ccccc2)c(C#N)c2nc(-c3ccccc3)cnn2c1=O. The van der Waals surface area contributed by atoms with E-state index in [2.05, 4.69) is 16.2 Å². The minimum absolute atomic E-state index is 0.127. The fourth-order valence-electron chi connectivity index (χ4n) is 2.97. The Kier molecular flexibility index (Phi) is 3.93. The average molecular weight is 349 g/mol. The van der Waals surface area contributed by atoms with E-state index in [-0.39, 0.29) is 22.3 Å². The van der Waals surface area contributed by atoms with Gasteiger partial charge in [0.05, 0.1) is 11.9 Å². The van der Waals surface area contributed by atoms with Gasteiger partial charge in [0.15, 0.2) is 5.65 Å². The molecule has 2 heterocycles. The van der Waals surface area contributed by atoms with E-state index in [0.29, 0.717) is 11.3 Å². The number of hydrogen-bond donors (Lipinski definition) is 0.